The van der Waals surface area contributed by atoms with E-state index in [1.807, 2.05) is 30.3 Å². The zero-order chi connectivity index (χ0) is 15.2. The number of pyridine rings is 1. The van der Waals surface area contributed by atoms with Gasteiger partial charge in [-0.15, -0.1) is 0 Å². The third kappa shape index (κ3) is 3.79. The molecule has 0 unspecified atom stereocenters. The van der Waals surface area contributed by atoms with Crippen LogP contribution in [0.4, 0.5) is 17.3 Å². The summed E-state index contributed by atoms with van der Waals surface area (Å²) in [5, 5.41) is 0.897. The minimum atomic E-state index is 0.398. The first kappa shape index (κ1) is 15.9. The number of nitrogens with one attached hydrogen (secondary N) is 1. The standard InChI is InChI=1S/C15H18Cl2N4/c1-2-3-9-21(11-7-5-4-6-8-11)15-13(17)10-12(16)14(19-15)20-18/h4-8,10H,2-3,9,18H2,1H3,(H,19,20). The number of aromatic nitrogens is 1. The average molecular weight is 325 g/mol. The highest BCUT2D eigenvalue weighted by Gasteiger charge is 2.16. The predicted octanol–water partition coefficient (Wildman–Crippen LogP) is 4.61. The maximum absolute atomic E-state index is 6.32. The highest BCUT2D eigenvalue weighted by molar-refractivity contribution is 6.37. The van der Waals surface area contributed by atoms with Crippen LogP contribution in [0, 0.1) is 0 Å². The van der Waals surface area contributed by atoms with E-state index in [9.17, 15) is 0 Å². The Morgan fingerprint density at radius 1 is 1.19 bits per heavy atom. The van der Waals surface area contributed by atoms with Crippen molar-refractivity contribution in [2.75, 3.05) is 16.9 Å². The van der Waals surface area contributed by atoms with Crippen LogP contribution >= 0.6 is 23.2 Å². The highest BCUT2D eigenvalue weighted by atomic mass is 35.5. The second-order valence-corrected chi connectivity index (χ2v) is 5.42. The average Bonchev–Trinajstić information content (AvgIpc) is 2.50. The van der Waals surface area contributed by atoms with Crippen molar-refractivity contribution in [2.45, 2.75) is 19.8 Å². The molecule has 4 nitrogen and oxygen atoms in total. The molecule has 0 amide bonds. The molecule has 21 heavy (non-hydrogen) atoms. The number of benzene rings is 1. The van der Waals surface area contributed by atoms with Crippen LogP contribution in [0.2, 0.25) is 10.0 Å². The van der Waals surface area contributed by atoms with Gasteiger partial charge in [0.15, 0.2) is 11.6 Å². The van der Waals surface area contributed by atoms with Gasteiger partial charge in [-0.3, -0.25) is 0 Å². The summed E-state index contributed by atoms with van der Waals surface area (Å²) in [6.07, 6.45) is 2.11. The Labute approximate surface area is 134 Å². The molecule has 0 saturated heterocycles. The Kier molecular flexibility index (Phi) is 5.67. The van der Waals surface area contributed by atoms with Crippen LogP contribution in [-0.2, 0) is 0 Å². The summed E-state index contributed by atoms with van der Waals surface area (Å²) < 4.78 is 0. The minimum absolute atomic E-state index is 0.398. The molecule has 1 aromatic carbocycles. The molecule has 6 heteroatoms. The van der Waals surface area contributed by atoms with Crippen LogP contribution in [0.1, 0.15) is 19.8 Å². The first-order valence-corrected chi connectivity index (χ1v) is 7.58. The minimum Gasteiger partial charge on any atom is -0.325 e. The van der Waals surface area contributed by atoms with Gasteiger partial charge in [-0.2, -0.15) is 0 Å². The number of para-hydroxylation sites is 1. The monoisotopic (exact) mass is 324 g/mol. The Morgan fingerprint density at radius 2 is 1.90 bits per heavy atom. The lowest BCUT2D eigenvalue weighted by molar-refractivity contribution is 0.780. The quantitative estimate of drug-likeness (QED) is 0.601. The second-order valence-electron chi connectivity index (χ2n) is 4.61. The van der Waals surface area contributed by atoms with Gasteiger partial charge in [0.25, 0.3) is 0 Å². The normalized spacial score (nSPS) is 10.5. The summed E-state index contributed by atoms with van der Waals surface area (Å²) in [4.78, 5) is 6.52. The molecule has 1 heterocycles. The Morgan fingerprint density at radius 3 is 2.52 bits per heavy atom. The Bertz CT molecular complexity index is 590. The molecule has 0 saturated carbocycles. The topological polar surface area (TPSA) is 54.2 Å². The van der Waals surface area contributed by atoms with Crippen LogP contribution in [0.15, 0.2) is 36.4 Å². The molecule has 3 N–H and O–H groups in total. The number of hydrogen-bond donors (Lipinski definition) is 2. The van der Waals surface area contributed by atoms with Crippen LogP contribution < -0.4 is 16.2 Å². The van der Waals surface area contributed by atoms with E-state index >= 15 is 0 Å². The summed E-state index contributed by atoms with van der Waals surface area (Å²) in [6, 6.07) is 11.7. The molecule has 0 aliphatic heterocycles. The first-order valence-electron chi connectivity index (χ1n) is 6.82. The van der Waals surface area contributed by atoms with Crippen LogP contribution in [0.25, 0.3) is 0 Å². The van der Waals surface area contributed by atoms with Gasteiger partial charge < -0.3 is 10.3 Å². The number of nitrogen functional groups attached to an aromatic ring is 1. The summed E-state index contributed by atoms with van der Waals surface area (Å²) >= 11 is 12.4. The fourth-order valence-electron chi connectivity index (χ4n) is 2.03. The van der Waals surface area contributed by atoms with Gasteiger partial charge in [0, 0.05) is 12.2 Å². The van der Waals surface area contributed by atoms with Crippen LogP contribution in [-0.4, -0.2) is 11.5 Å². The molecule has 0 spiro atoms. The molecule has 112 valence electrons. The van der Waals surface area contributed by atoms with Gasteiger partial charge in [-0.1, -0.05) is 54.7 Å². The van der Waals surface area contributed by atoms with Gasteiger partial charge in [0.2, 0.25) is 0 Å². The molecule has 0 atom stereocenters. The van der Waals surface area contributed by atoms with E-state index in [4.69, 9.17) is 29.0 Å². The second kappa shape index (κ2) is 7.50. The molecule has 0 bridgehead atoms. The van der Waals surface area contributed by atoms with E-state index in [1.54, 1.807) is 6.07 Å². The zero-order valence-electron chi connectivity index (χ0n) is 11.8. The van der Waals surface area contributed by atoms with Crippen molar-refractivity contribution >= 4 is 40.5 Å². The van der Waals surface area contributed by atoms with Crippen molar-refractivity contribution in [2.24, 2.45) is 5.84 Å². The van der Waals surface area contributed by atoms with Crippen LogP contribution in [0.3, 0.4) is 0 Å². The van der Waals surface area contributed by atoms with Crippen molar-refractivity contribution in [3.05, 3.63) is 46.4 Å². The van der Waals surface area contributed by atoms with E-state index in [-0.39, 0.29) is 0 Å². The fourth-order valence-corrected chi connectivity index (χ4v) is 2.54. The Hall–Kier alpha value is -1.49. The van der Waals surface area contributed by atoms with Crippen molar-refractivity contribution in [1.82, 2.24) is 4.98 Å². The number of nitrogens with zero attached hydrogens (tertiary/aromatic N) is 2. The molecule has 0 fully saturated rings. The molecule has 1 aromatic heterocycles. The molecular weight excluding hydrogens is 307 g/mol. The van der Waals surface area contributed by atoms with E-state index in [0.717, 1.165) is 25.1 Å². The maximum atomic E-state index is 6.32. The van der Waals surface area contributed by atoms with E-state index in [2.05, 4.69) is 22.2 Å². The first-order chi connectivity index (χ1) is 10.2. The Balaban J connectivity index is 2.46. The van der Waals surface area contributed by atoms with Gasteiger partial charge in [-0.25, -0.2) is 10.8 Å². The SMILES string of the molecule is CCCCN(c1ccccc1)c1nc(NN)c(Cl)cc1Cl. The molecule has 0 aliphatic rings. The third-order valence-corrected chi connectivity index (χ3v) is 3.67. The largest absolute Gasteiger partial charge is 0.325 e. The van der Waals surface area contributed by atoms with Gasteiger partial charge >= 0.3 is 0 Å². The zero-order valence-corrected chi connectivity index (χ0v) is 13.3. The number of unbranched alkanes of at least 4 members (excludes halogenated alkanes) is 1. The van der Waals surface area contributed by atoms with E-state index in [0.29, 0.717) is 21.7 Å². The summed E-state index contributed by atoms with van der Waals surface area (Å²) in [7, 11) is 0. The fraction of sp³-hybridized carbons (Fsp3) is 0.267. The number of hydrazine groups is 1. The van der Waals surface area contributed by atoms with Crippen molar-refractivity contribution in [3.63, 3.8) is 0 Å². The number of rotatable bonds is 6. The lowest BCUT2D eigenvalue weighted by Crippen LogP contribution is -2.21. The lowest BCUT2D eigenvalue weighted by atomic mass is 10.2. The van der Waals surface area contributed by atoms with Gasteiger partial charge in [0.05, 0.1) is 10.0 Å². The molecule has 2 aromatic rings. The van der Waals surface area contributed by atoms with Gasteiger partial charge in [0.1, 0.15) is 0 Å². The van der Waals surface area contributed by atoms with Crippen molar-refractivity contribution in [1.29, 1.82) is 0 Å². The lowest BCUT2D eigenvalue weighted by Gasteiger charge is -2.25. The van der Waals surface area contributed by atoms with E-state index in [1.165, 1.54) is 0 Å². The predicted molar refractivity (Wildman–Crippen MR) is 90.4 cm³/mol. The van der Waals surface area contributed by atoms with Crippen molar-refractivity contribution < 1.29 is 0 Å². The molecule has 2 rings (SSSR count). The van der Waals surface area contributed by atoms with Gasteiger partial charge in [-0.05, 0) is 24.6 Å². The molecule has 0 aliphatic carbocycles. The van der Waals surface area contributed by atoms with E-state index < -0.39 is 0 Å². The number of anilines is 3. The van der Waals surface area contributed by atoms with Crippen molar-refractivity contribution in [3.8, 4) is 0 Å². The van der Waals surface area contributed by atoms with Crippen LogP contribution in [0.5, 0.6) is 0 Å². The summed E-state index contributed by atoms with van der Waals surface area (Å²) in [5.41, 5.74) is 3.53. The highest BCUT2D eigenvalue weighted by Crippen LogP contribution is 2.34. The maximum Gasteiger partial charge on any atom is 0.161 e. The number of hydrogen-bond acceptors (Lipinski definition) is 4. The molecular formula is C15H18Cl2N4. The number of nitrogens with two attached hydrogens (primary N) is 1. The smallest absolute Gasteiger partial charge is 0.161 e. The third-order valence-electron chi connectivity index (χ3n) is 3.11. The number of halogens is 2. The summed E-state index contributed by atoms with van der Waals surface area (Å²) in [6.45, 7) is 2.96. The summed E-state index contributed by atoms with van der Waals surface area (Å²) in [5.74, 6) is 6.51. The molecule has 0 radical (unpaired) electrons.